The van der Waals surface area contributed by atoms with Gasteiger partial charge in [0.1, 0.15) is 29.1 Å². The Balaban J connectivity index is 3.17. The van der Waals surface area contributed by atoms with Gasteiger partial charge < -0.3 is 34.4 Å². The van der Waals surface area contributed by atoms with Crippen LogP contribution in [0.25, 0.3) is 0 Å². The van der Waals surface area contributed by atoms with Crippen LogP contribution in [0, 0.1) is 5.92 Å². The van der Waals surface area contributed by atoms with E-state index in [2.05, 4.69) is 5.32 Å². The zero-order valence-electron chi connectivity index (χ0n) is 23.4. The summed E-state index contributed by atoms with van der Waals surface area (Å²) >= 11 is -4.89. The zero-order chi connectivity index (χ0) is 32.3. The molecule has 0 aliphatic rings. The van der Waals surface area contributed by atoms with Gasteiger partial charge in [0.15, 0.2) is 32.3 Å². The van der Waals surface area contributed by atoms with Crippen molar-refractivity contribution in [1.29, 1.82) is 0 Å². The Kier molecular flexibility index (Phi) is 15.4. The van der Waals surface area contributed by atoms with Crippen molar-refractivity contribution in [1.82, 2.24) is 5.32 Å². The standard InChI is InChI=1S/C23H36N2O13S4/c1-14(22(29)37-12-19(38-16(3)27)11-36-15(2)26)25-21(28)18(9-17-5-7-39-13-17)10-23(40(30)31,41(32)33)20(24)6-8-42(4,34)35/h5,7,13-14,18-20H,6,8-12,24H2,1-4H3,(H,25,28)(H,30,31)(H,32,33). The molecule has 1 amide bonds. The molecule has 1 rings (SSSR count). The molecule has 15 nitrogen and oxygen atoms in total. The third kappa shape index (κ3) is 12.5. The normalized spacial score (nSPS) is 17.4. The molecule has 19 heteroatoms. The molecule has 1 heterocycles. The van der Waals surface area contributed by atoms with Crippen molar-refractivity contribution in [2.24, 2.45) is 11.7 Å². The highest BCUT2D eigenvalue weighted by atomic mass is 32.3. The smallest absolute Gasteiger partial charge is 0.328 e. The number of rotatable bonds is 18. The van der Waals surface area contributed by atoms with Crippen LogP contribution in [0.4, 0.5) is 0 Å². The molecule has 0 bridgehead atoms. The fraction of sp³-hybridized carbons (Fsp3) is 0.652. The highest BCUT2D eigenvalue weighted by Crippen LogP contribution is 2.33. The molecule has 0 saturated carbocycles. The maximum atomic E-state index is 13.4. The lowest BCUT2D eigenvalue weighted by molar-refractivity contribution is -0.165. The second kappa shape index (κ2) is 17.1. The van der Waals surface area contributed by atoms with Crippen LogP contribution in [0.2, 0.25) is 0 Å². The van der Waals surface area contributed by atoms with Gasteiger partial charge in [-0.1, -0.05) is 0 Å². The predicted octanol–water partition coefficient (Wildman–Crippen LogP) is -0.259. The monoisotopic (exact) mass is 676 g/mol. The predicted molar refractivity (Wildman–Crippen MR) is 153 cm³/mol. The van der Waals surface area contributed by atoms with E-state index in [0.717, 1.165) is 20.1 Å². The van der Waals surface area contributed by atoms with Gasteiger partial charge in [0.2, 0.25) is 5.91 Å². The van der Waals surface area contributed by atoms with E-state index in [1.165, 1.54) is 18.3 Å². The third-order valence-electron chi connectivity index (χ3n) is 5.85. The number of hydrogen-bond acceptors (Lipinski definition) is 13. The number of amides is 1. The van der Waals surface area contributed by atoms with E-state index in [0.29, 0.717) is 5.56 Å². The molecule has 0 aliphatic heterocycles. The van der Waals surface area contributed by atoms with Crippen molar-refractivity contribution in [3.63, 3.8) is 0 Å². The molecule has 1 aromatic rings. The van der Waals surface area contributed by atoms with Crippen molar-refractivity contribution in [3.05, 3.63) is 22.4 Å². The number of ether oxygens (including phenoxy) is 3. The first-order valence-corrected chi connectivity index (χ1v) is 17.5. The van der Waals surface area contributed by atoms with Crippen LogP contribution in [-0.4, -0.2) is 97.2 Å². The quantitative estimate of drug-likeness (QED) is 0.0890. The van der Waals surface area contributed by atoms with Crippen LogP contribution in [-0.2, 0) is 71.8 Å². The van der Waals surface area contributed by atoms with Gasteiger partial charge >= 0.3 is 17.9 Å². The first-order valence-electron chi connectivity index (χ1n) is 12.3. The number of sulfone groups is 1. The van der Waals surface area contributed by atoms with E-state index in [1.54, 1.807) is 16.8 Å². The summed E-state index contributed by atoms with van der Waals surface area (Å²) in [5.74, 6) is -5.01. The Morgan fingerprint density at radius 3 is 2.17 bits per heavy atom. The Morgan fingerprint density at radius 2 is 1.69 bits per heavy atom. The molecular weight excluding hydrogens is 641 g/mol. The Hall–Kier alpha value is -2.29. The van der Waals surface area contributed by atoms with Gasteiger partial charge in [-0.2, -0.15) is 11.3 Å². The minimum absolute atomic E-state index is 0.0804. The lowest BCUT2D eigenvalue weighted by Gasteiger charge is -2.35. The summed E-state index contributed by atoms with van der Waals surface area (Å²) in [6.45, 7) is 2.62. The Bertz CT molecular complexity index is 1220. The van der Waals surface area contributed by atoms with Gasteiger partial charge in [-0.15, -0.1) is 0 Å². The summed E-state index contributed by atoms with van der Waals surface area (Å²) in [7, 11) is -3.59. The van der Waals surface area contributed by atoms with Gasteiger partial charge in [0.25, 0.3) is 0 Å². The van der Waals surface area contributed by atoms with Crippen LogP contribution in [0.5, 0.6) is 0 Å². The van der Waals surface area contributed by atoms with Crippen molar-refractivity contribution >= 4 is 67.2 Å². The number of nitrogens with two attached hydrogens (primary N) is 1. The van der Waals surface area contributed by atoms with Crippen molar-refractivity contribution in [3.8, 4) is 0 Å². The summed E-state index contributed by atoms with van der Waals surface area (Å²) in [4.78, 5) is 48.3. The average Bonchev–Trinajstić information content (AvgIpc) is 3.38. The molecule has 0 radical (unpaired) electrons. The molecule has 240 valence electrons. The number of thiophene rings is 1. The number of carbonyl (C=O) groups excluding carboxylic acids is 4. The number of nitrogens with one attached hydrogen (secondary N) is 1. The van der Waals surface area contributed by atoms with Crippen molar-refractivity contribution in [2.75, 3.05) is 25.2 Å². The van der Waals surface area contributed by atoms with Crippen LogP contribution in [0.15, 0.2) is 16.8 Å². The Morgan fingerprint density at radius 1 is 1.10 bits per heavy atom. The second-order valence-electron chi connectivity index (χ2n) is 9.47. The SMILES string of the molecule is CC(=O)OCC(COC(=O)C(C)NC(=O)C(Cc1ccsc1)CC(C(N)CCS(C)(=O)=O)(S(=O)O)S(=O)O)OC(C)=O. The largest absolute Gasteiger partial charge is 0.462 e. The molecule has 1 aromatic heterocycles. The zero-order valence-corrected chi connectivity index (χ0v) is 26.6. The van der Waals surface area contributed by atoms with Crippen LogP contribution in [0.1, 0.15) is 39.2 Å². The van der Waals surface area contributed by atoms with E-state index < -0.39 is 109 Å². The molecular formula is C23H36N2O13S4. The summed E-state index contributed by atoms with van der Waals surface area (Å²) in [6.07, 6.45) is -1.44. The van der Waals surface area contributed by atoms with Crippen LogP contribution >= 0.6 is 11.3 Å². The summed E-state index contributed by atoms with van der Waals surface area (Å²) < 4.78 is 80.9. The maximum Gasteiger partial charge on any atom is 0.328 e. The molecule has 0 spiro atoms. The molecule has 0 saturated heterocycles. The fourth-order valence-corrected chi connectivity index (χ4v) is 7.01. The van der Waals surface area contributed by atoms with Gasteiger partial charge in [-0.25, -0.2) is 21.6 Å². The molecule has 5 N–H and O–H groups in total. The summed E-state index contributed by atoms with van der Waals surface area (Å²) in [5, 5.41) is 5.80. The summed E-state index contributed by atoms with van der Waals surface area (Å²) in [6, 6.07) is -1.22. The molecule has 6 atom stereocenters. The van der Waals surface area contributed by atoms with Crippen LogP contribution in [0.3, 0.4) is 0 Å². The summed E-state index contributed by atoms with van der Waals surface area (Å²) in [5.41, 5.74) is 6.64. The maximum absolute atomic E-state index is 13.4. The van der Waals surface area contributed by atoms with E-state index in [4.69, 9.17) is 19.9 Å². The number of esters is 3. The minimum atomic E-state index is -3.59. The Labute approximate surface area is 252 Å². The third-order valence-corrected chi connectivity index (χ3v) is 10.5. The van der Waals surface area contributed by atoms with E-state index >= 15 is 0 Å². The van der Waals surface area contributed by atoms with Crippen molar-refractivity contribution < 1.29 is 59.3 Å². The minimum Gasteiger partial charge on any atom is -0.462 e. The van der Waals surface area contributed by atoms with Gasteiger partial charge in [0, 0.05) is 32.1 Å². The van der Waals surface area contributed by atoms with E-state index in [9.17, 15) is 45.1 Å². The lowest BCUT2D eigenvalue weighted by atomic mass is 9.91. The topological polar surface area (TPSA) is 243 Å². The van der Waals surface area contributed by atoms with Crippen molar-refractivity contribution in [2.45, 2.75) is 62.3 Å². The molecule has 0 aromatic carbocycles. The first kappa shape index (κ1) is 37.7. The highest BCUT2D eigenvalue weighted by Gasteiger charge is 2.51. The number of carbonyl (C=O) groups is 4. The average molecular weight is 677 g/mol. The van der Waals surface area contributed by atoms with Gasteiger partial charge in [-0.05, 0) is 48.6 Å². The molecule has 0 fully saturated rings. The van der Waals surface area contributed by atoms with E-state index in [-0.39, 0.29) is 13.0 Å². The second-order valence-corrected chi connectivity index (χ2v) is 15.2. The molecule has 42 heavy (non-hydrogen) atoms. The van der Waals surface area contributed by atoms with E-state index in [1.807, 2.05) is 0 Å². The van der Waals surface area contributed by atoms with Gasteiger partial charge in [0.05, 0.1) is 5.75 Å². The molecule has 0 aliphatic carbocycles. The number of hydrogen-bond donors (Lipinski definition) is 4. The fourth-order valence-electron chi connectivity index (χ4n) is 3.72. The molecule has 6 unspecified atom stereocenters. The highest BCUT2D eigenvalue weighted by molar-refractivity contribution is 7.99. The van der Waals surface area contributed by atoms with Crippen LogP contribution < -0.4 is 11.1 Å². The lowest BCUT2D eigenvalue weighted by Crippen LogP contribution is -2.57. The first-order chi connectivity index (χ1) is 19.4. The van der Waals surface area contributed by atoms with Gasteiger partial charge in [-0.3, -0.25) is 14.4 Å².